The van der Waals surface area contributed by atoms with Crippen molar-refractivity contribution in [1.29, 1.82) is 0 Å². The van der Waals surface area contributed by atoms with Gasteiger partial charge in [-0.15, -0.1) is 11.8 Å². The number of unbranched alkanes of at least 4 members (excludes halogenated alkanes) is 5. The number of hydrogen-bond donors (Lipinski definition) is 2. The molecule has 0 aliphatic rings. The summed E-state index contributed by atoms with van der Waals surface area (Å²) in [4.78, 5) is 10.1. The first kappa shape index (κ1) is 23.8. The molecule has 21 heavy (non-hydrogen) atoms. The fraction of sp³-hybridized carbons (Fsp3) is 0.938. The van der Waals surface area contributed by atoms with E-state index < -0.39 is 11.4 Å². The van der Waals surface area contributed by atoms with Gasteiger partial charge < -0.3 is 10.2 Å². The van der Waals surface area contributed by atoms with Gasteiger partial charge in [-0.05, 0) is 12.2 Å². The van der Waals surface area contributed by atoms with Gasteiger partial charge in [-0.1, -0.05) is 26.2 Å². The molecule has 2 radical (unpaired) electrons. The molecule has 0 fully saturated rings. The monoisotopic (exact) mass is 426 g/mol. The Morgan fingerprint density at radius 2 is 1.48 bits per heavy atom. The molecule has 2 N–H and O–H groups in total. The van der Waals surface area contributed by atoms with Gasteiger partial charge in [0, 0.05) is 0 Å². The maximum absolute atomic E-state index is 10.1. The fourth-order valence-electron chi connectivity index (χ4n) is 1.52. The molecule has 0 saturated heterocycles. The Morgan fingerprint density at radius 1 is 0.952 bits per heavy atom. The number of carbonyl (C=O) groups is 1. The third-order valence-electron chi connectivity index (χ3n) is 2.90. The van der Waals surface area contributed by atoms with E-state index in [2.05, 4.69) is 20.8 Å². The maximum atomic E-state index is 10.1. The summed E-state index contributed by atoms with van der Waals surface area (Å²) in [5.74, 6) is -0.413. The van der Waals surface area contributed by atoms with Crippen LogP contribution in [0, 0.1) is 0 Å². The predicted molar refractivity (Wildman–Crippen MR) is 95.4 cm³/mol. The number of carboxylic acids is 1. The van der Waals surface area contributed by atoms with E-state index in [0.717, 1.165) is 30.4 Å². The average molecular weight is 425 g/mol. The van der Waals surface area contributed by atoms with Gasteiger partial charge in [-0.25, -0.2) is 4.79 Å². The fourth-order valence-corrected chi connectivity index (χ4v) is 6.42. The first-order valence-corrected chi connectivity index (χ1v) is 13.4. The Hall–Kier alpha value is 0.579. The number of thioether (sulfide) groups is 1. The average Bonchev–Trinajstić information content (AvgIpc) is 2.47. The van der Waals surface area contributed by atoms with Crippen molar-refractivity contribution in [2.24, 2.45) is 0 Å². The van der Waals surface area contributed by atoms with Crippen LogP contribution in [0.2, 0.25) is 8.87 Å². The molecule has 0 aromatic carbocycles. The van der Waals surface area contributed by atoms with E-state index in [1.165, 1.54) is 38.5 Å². The number of carboxylic acid groups (broad SMARTS) is 1. The minimum atomic E-state index is -1.24. The number of hydrogen-bond acceptors (Lipinski definition) is 3. The Morgan fingerprint density at radius 3 is 1.90 bits per heavy atom. The molecule has 0 aromatic rings. The second-order valence-electron chi connectivity index (χ2n) is 5.08. The van der Waals surface area contributed by atoms with Gasteiger partial charge in [0.2, 0.25) is 0 Å². The summed E-state index contributed by atoms with van der Waals surface area (Å²) in [5, 5.41) is 17.2. The molecule has 5 heteroatoms. The molecular formula is C16H34O3SSn. The predicted octanol–water partition coefficient (Wildman–Crippen LogP) is 4.83. The van der Waals surface area contributed by atoms with Crippen molar-refractivity contribution in [1.82, 2.24) is 0 Å². The standard InChI is InChI=1S/C8H16O3S.2C4H9.Sn/c1-2-3-4-5-6-12-8(11)7(9)10;2*1-3-4-2;/h8,11H,2-6H2,1H3,(H,9,10);2*1,3-4H2,2H3;. The second-order valence-corrected chi connectivity index (χ2v) is 10.5. The molecule has 126 valence electrons. The van der Waals surface area contributed by atoms with Crippen molar-refractivity contribution in [3.63, 3.8) is 0 Å². The molecule has 0 rings (SSSR count). The zero-order chi connectivity index (χ0) is 16.3. The number of aliphatic hydroxyl groups excluding tert-OH is 1. The van der Waals surface area contributed by atoms with Gasteiger partial charge in [0.25, 0.3) is 0 Å². The molecule has 3 nitrogen and oxygen atoms in total. The van der Waals surface area contributed by atoms with Gasteiger partial charge in [0.1, 0.15) is 0 Å². The van der Waals surface area contributed by atoms with E-state index in [4.69, 9.17) is 10.2 Å². The van der Waals surface area contributed by atoms with E-state index in [0.29, 0.717) is 0 Å². The van der Waals surface area contributed by atoms with E-state index in [1.807, 2.05) is 0 Å². The molecule has 0 bridgehead atoms. The zero-order valence-corrected chi connectivity index (χ0v) is 17.7. The summed E-state index contributed by atoms with van der Waals surface area (Å²) in [6.07, 6.45) is 10.3. The van der Waals surface area contributed by atoms with Crippen LogP contribution in [0.1, 0.15) is 72.1 Å². The van der Waals surface area contributed by atoms with Crippen molar-refractivity contribution < 1.29 is 15.0 Å². The number of aliphatic hydroxyl groups is 1. The molecule has 0 heterocycles. The molecule has 1 atom stereocenters. The van der Waals surface area contributed by atoms with Gasteiger partial charge in [-0.2, -0.15) is 0 Å². The van der Waals surface area contributed by atoms with Crippen LogP contribution in [0.25, 0.3) is 0 Å². The molecule has 0 aromatic heterocycles. The quantitative estimate of drug-likeness (QED) is 0.252. The van der Waals surface area contributed by atoms with Crippen LogP contribution in [0.3, 0.4) is 0 Å². The second kappa shape index (κ2) is 20.6. The summed E-state index contributed by atoms with van der Waals surface area (Å²) in [5.41, 5.74) is -1.24. The first-order chi connectivity index (χ1) is 10.1. The van der Waals surface area contributed by atoms with Crippen LogP contribution < -0.4 is 0 Å². The van der Waals surface area contributed by atoms with E-state index in [9.17, 15) is 4.79 Å². The van der Waals surface area contributed by atoms with E-state index in [1.54, 1.807) is 8.87 Å². The summed E-state index contributed by atoms with van der Waals surface area (Å²) in [7, 11) is 0. The van der Waals surface area contributed by atoms with E-state index >= 15 is 0 Å². The molecule has 1 unspecified atom stereocenters. The van der Waals surface area contributed by atoms with E-state index in [-0.39, 0.29) is 21.1 Å². The number of aliphatic carboxylic acids is 1. The minimum absolute atomic E-state index is 0.149. The summed E-state index contributed by atoms with van der Waals surface area (Å²) in [6, 6.07) is 0. The van der Waals surface area contributed by atoms with Crippen molar-refractivity contribution >= 4 is 38.9 Å². The Balaban J connectivity index is 0. The van der Waals surface area contributed by atoms with Crippen molar-refractivity contribution in [2.45, 2.75) is 86.4 Å². The summed E-state index contributed by atoms with van der Waals surface area (Å²) >= 11 is 1.24. The van der Waals surface area contributed by atoms with Gasteiger partial charge in [0.15, 0.2) is 5.44 Å². The van der Waals surface area contributed by atoms with Crippen LogP contribution >= 0.6 is 11.8 Å². The molecule has 0 aliphatic heterocycles. The third-order valence-corrected chi connectivity index (χ3v) is 7.98. The van der Waals surface area contributed by atoms with Gasteiger partial charge in [0.05, 0.1) is 0 Å². The zero-order valence-electron chi connectivity index (χ0n) is 14.1. The molecular weight excluding hydrogens is 391 g/mol. The molecule has 0 amide bonds. The Bertz CT molecular complexity index is 210. The van der Waals surface area contributed by atoms with Crippen LogP contribution in [-0.4, -0.2) is 48.5 Å². The third kappa shape index (κ3) is 23.0. The van der Waals surface area contributed by atoms with Crippen LogP contribution in [0.4, 0.5) is 0 Å². The molecule has 0 spiro atoms. The first-order valence-electron chi connectivity index (χ1n) is 8.33. The topological polar surface area (TPSA) is 57.5 Å². The Labute approximate surface area is 145 Å². The van der Waals surface area contributed by atoms with Crippen molar-refractivity contribution in [3.8, 4) is 0 Å². The van der Waals surface area contributed by atoms with Crippen LogP contribution in [-0.2, 0) is 4.79 Å². The van der Waals surface area contributed by atoms with Crippen LogP contribution in [0.5, 0.6) is 0 Å². The van der Waals surface area contributed by atoms with Crippen molar-refractivity contribution in [2.75, 3.05) is 5.75 Å². The summed E-state index contributed by atoms with van der Waals surface area (Å²) in [6.45, 7) is 6.71. The molecule has 0 aliphatic carbocycles. The number of rotatable bonds is 13. The van der Waals surface area contributed by atoms with Gasteiger partial charge in [-0.3, -0.25) is 0 Å². The van der Waals surface area contributed by atoms with Crippen LogP contribution in [0.15, 0.2) is 0 Å². The normalized spacial score (nSPS) is 11.6. The van der Waals surface area contributed by atoms with Gasteiger partial charge >= 0.3 is 75.5 Å². The van der Waals surface area contributed by atoms with Crippen molar-refractivity contribution in [3.05, 3.63) is 0 Å². The SMILES string of the molecule is CCCCCCSC(O)C(=O)O.CCC[CH2][Sn][CH2]CCC. The Kier molecular flexibility index (Phi) is 23.4. The summed E-state index contributed by atoms with van der Waals surface area (Å²) < 4.78 is 3.25. The molecule has 0 saturated carbocycles.